The van der Waals surface area contributed by atoms with E-state index in [4.69, 9.17) is 4.74 Å². The lowest BCUT2D eigenvalue weighted by Gasteiger charge is -2.30. The van der Waals surface area contributed by atoms with Crippen LogP contribution < -0.4 is 9.80 Å². The van der Waals surface area contributed by atoms with Gasteiger partial charge in [0.25, 0.3) is 0 Å². The van der Waals surface area contributed by atoms with Crippen molar-refractivity contribution in [2.45, 2.75) is 83.6 Å². The molecule has 1 atom stereocenters. The van der Waals surface area contributed by atoms with Gasteiger partial charge in [-0.15, -0.1) is 0 Å². The van der Waals surface area contributed by atoms with Crippen molar-refractivity contribution in [2.75, 3.05) is 24.5 Å². The summed E-state index contributed by atoms with van der Waals surface area (Å²) in [7, 11) is -4.60. The van der Waals surface area contributed by atoms with Gasteiger partial charge in [-0.2, -0.15) is 0 Å². The molecule has 2 heterocycles. The van der Waals surface area contributed by atoms with Crippen LogP contribution in [-0.2, 0) is 25.1 Å². The first-order valence-electron chi connectivity index (χ1n) is 17.1. The highest BCUT2D eigenvalue weighted by Crippen LogP contribution is 2.49. The highest BCUT2D eigenvalue weighted by Gasteiger charge is 2.40. The number of unbranched alkanes of at least 4 members (excludes halogenated alkanes) is 2. The van der Waals surface area contributed by atoms with Crippen LogP contribution in [0.4, 0.5) is 5.69 Å². The molecule has 0 amide bonds. The number of benzene rings is 2. The third-order valence-corrected chi connectivity index (χ3v) is 10.6. The van der Waals surface area contributed by atoms with Crippen LogP contribution in [0.2, 0.25) is 0 Å². The zero-order valence-electron chi connectivity index (χ0n) is 29.0. The molecule has 8 heteroatoms. The number of carbonyl (C=O) groups excluding carboxylic acids is 1. The number of rotatable bonds is 13. The molecule has 2 aliphatic heterocycles. The van der Waals surface area contributed by atoms with Crippen LogP contribution in [-0.4, -0.2) is 44.4 Å². The molecule has 254 valence electrons. The predicted molar refractivity (Wildman–Crippen MR) is 191 cm³/mol. The number of ketones is 1. The highest BCUT2D eigenvalue weighted by atomic mass is 32.2. The van der Waals surface area contributed by atoms with E-state index >= 15 is 0 Å². The molecule has 0 spiro atoms. The molecule has 1 unspecified atom stereocenters. The molecule has 48 heavy (non-hydrogen) atoms. The number of hydrogen-bond acceptors (Lipinski definition) is 6. The lowest BCUT2D eigenvalue weighted by molar-refractivity contribution is -0.908. The number of allylic oxidation sites excluding steroid dienone is 7. The first-order chi connectivity index (χ1) is 22.9. The Morgan fingerprint density at radius 1 is 1.06 bits per heavy atom. The number of carbonyl (C=O) groups is 1. The fraction of sp³-hybridized carbons (Fsp3) is 0.375. The van der Waals surface area contributed by atoms with E-state index in [0.717, 1.165) is 83.1 Å². The average molecular weight is 669 g/mol. The van der Waals surface area contributed by atoms with Gasteiger partial charge in [0.1, 0.15) is 33.5 Å². The second-order valence-corrected chi connectivity index (χ2v) is 14.7. The summed E-state index contributed by atoms with van der Waals surface area (Å²) in [6.45, 7) is 15.0. The highest BCUT2D eigenvalue weighted by molar-refractivity contribution is 7.85. The van der Waals surface area contributed by atoms with Crippen molar-refractivity contribution in [3.05, 3.63) is 124 Å². The Kier molecular flexibility index (Phi) is 10.8. The number of nitrogens with one attached hydrogen (secondary N) is 1. The number of hydrogen-bond donors (Lipinski definition) is 1. The molecule has 1 aliphatic carbocycles. The van der Waals surface area contributed by atoms with E-state index in [0.29, 0.717) is 13.0 Å². The van der Waals surface area contributed by atoms with Crippen molar-refractivity contribution in [2.24, 2.45) is 0 Å². The van der Waals surface area contributed by atoms with Gasteiger partial charge in [0, 0.05) is 47.0 Å². The van der Waals surface area contributed by atoms with E-state index in [1.807, 2.05) is 18.2 Å². The summed E-state index contributed by atoms with van der Waals surface area (Å²) in [5, 5.41) is 0. The Morgan fingerprint density at radius 2 is 1.79 bits per heavy atom. The first-order valence-corrected chi connectivity index (χ1v) is 18.5. The summed E-state index contributed by atoms with van der Waals surface area (Å²) in [4.78, 5) is 14.9. The number of Topliss-reactive ketones (excluding diaryl/α,β-unsaturated/α-hetero) is 1. The van der Waals surface area contributed by atoms with Crippen LogP contribution in [0.1, 0.15) is 78.4 Å². The summed E-state index contributed by atoms with van der Waals surface area (Å²) in [5.74, 6) is 1.83. The van der Waals surface area contributed by atoms with Gasteiger partial charge in [-0.05, 0) is 99.7 Å². The van der Waals surface area contributed by atoms with E-state index in [1.54, 1.807) is 13.0 Å². The standard InChI is InChI=1S/C40H48N2O5S/c1-7-41(8-2)31-21-23-33-37(26-31)47-36(29(4)39(33)30-17-12-9-13-18-30)19-15-20-38-40(5,6)34-27-32(48(44,45)46)22-24-35(34)42(38)25-14-10-11-16-28(3)43/h9,12-13,15,17-24,26-27,31H,7-8,10-11,14,16,25H2,1-6H3,(H,44,45,46)/b19-15+,38-20+. The third kappa shape index (κ3) is 7.36. The van der Waals surface area contributed by atoms with Crippen molar-refractivity contribution < 1.29 is 27.4 Å². The molecule has 2 aromatic carbocycles. The van der Waals surface area contributed by atoms with Gasteiger partial charge in [-0.3, -0.25) is 0 Å². The molecule has 7 nitrogen and oxygen atoms in total. The van der Waals surface area contributed by atoms with Gasteiger partial charge in [0.05, 0.1) is 18.0 Å². The lowest BCUT2D eigenvalue weighted by Crippen LogP contribution is -3.14. The summed E-state index contributed by atoms with van der Waals surface area (Å²) in [6, 6.07) is 15.3. The second-order valence-electron chi connectivity index (χ2n) is 13.4. The Labute approximate surface area is 286 Å². The minimum atomic E-state index is -4.60. The zero-order valence-corrected chi connectivity index (χ0v) is 29.8. The van der Waals surface area contributed by atoms with E-state index in [1.165, 1.54) is 17.0 Å². The molecule has 0 saturated carbocycles. The van der Waals surface area contributed by atoms with Crippen LogP contribution in [0.15, 0.2) is 118 Å². The van der Waals surface area contributed by atoms with Crippen LogP contribution in [0.25, 0.3) is 5.57 Å². The number of likely N-dealkylation sites (N-methyl/N-ethyl adjacent to an activating group) is 1. The summed E-state index contributed by atoms with van der Waals surface area (Å²) < 4.78 is 42.5. The quantitative estimate of drug-likeness (QED) is 0.187. The van der Waals surface area contributed by atoms with Crippen molar-refractivity contribution in [1.82, 2.24) is 0 Å². The predicted octanol–water partition coefficient (Wildman–Crippen LogP) is 6.78. The van der Waals surface area contributed by atoms with Crippen molar-refractivity contribution in [3.63, 3.8) is 0 Å². The summed E-state index contributed by atoms with van der Waals surface area (Å²) >= 11 is 0. The van der Waals surface area contributed by atoms with Crippen LogP contribution in [0.5, 0.6) is 0 Å². The first kappa shape index (κ1) is 35.3. The largest absolute Gasteiger partial charge is 0.744 e. The molecule has 3 aliphatic rings. The zero-order chi connectivity index (χ0) is 34.6. The Balaban J connectivity index is 1.53. The lowest BCUT2D eigenvalue weighted by atomic mass is 9.83. The molecule has 2 aromatic rings. The smallest absolute Gasteiger partial charge is 0.137 e. The molecule has 0 aromatic heterocycles. The topological polar surface area (TPSA) is 91.2 Å². The summed E-state index contributed by atoms with van der Waals surface area (Å²) in [5.41, 5.74) is 6.55. The van der Waals surface area contributed by atoms with Crippen LogP contribution in [0, 0.1) is 0 Å². The van der Waals surface area contributed by atoms with E-state index in [9.17, 15) is 17.8 Å². The second kappa shape index (κ2) is 14.6. The Bertz CT molecular complexity index is 1840. The van der Waals surface area contributed by atoms with Gasteiger partial charge in [0.15, 0.2) is 0 Å². The SMILES string of the molecule is CC[NH+](CC)C1C=CC2=C(c3ccccc3)C(C)=C(/C=C/C=C3/N(CCCCCC(C)=O)c4ccc(S(=O)(=O)[O-])cc4C3(C)C)OC2=C1. The molecule has 1 N–H and O–H groups in total. The fourth-order valence-corrected chi connectivity index (χ4v) is 7.61. The van der Waals surface area contributed by atoms with Gasteiger partial charge in [-0.1, -0.05) is 56.7 Å². The van der Waals surface area contributed by atoms with Crippen molar-refractivity contribution in [1.29, 1.82) is 0 Å². The number of fused-ring (bicyclic) bond motifs is 2. The molecule has 0 saturated heterocycles. The fourth-order valence-electron chi connectivity index (χ4n) is 7.12. The number of nitrogens with zero attached hydrogens (tertiary/aromatic N) is 1. The van der Waals surface area contributed by atoms with E-state index in [-0.39, 0.29) is 16.7 Å². The molecule has 0 radical (unpaired) electrons. The molecule has 0 bridgehead atoms. The molecular formula is C40H48N2O5S. The van der Waals surface area contributed by atoms with E-state index < -0.39 is 15.5 Å². The minimum Gasteiger partial charge on any atom is -0.744 e. The number of anilines is 1. The number of ether oxygens (including phenoxy) is 1. The van der Waals surface area contributed by atoms with Gasteiger partial charge in [-0.25, -0.2) is 8.42 Å². The van der Waals surface area contributed by atoms with Crippen LogP contribution in [0.3, 0.4) is 0 Å². The molecular weight excluding hydrogens is 621 g/mol. The average Bonchev–Trinajstić information content (AvgIpc) is 3.26. The van der Waals surface area contributed by atoms with Gasteiger partial charge >= 0.3 is 0 Å². The van der Waals surface area contributed by atoms with Crippen molar-refractivity contribution in [3.8, 4) is 0 Å². The molecule has 0 fully saturated rings. The monoisotopic (exact) mass is 668 g/mol. The Hall–Kier alpha value is -3.98. The number of quaternary nitrogens is 1. The van der Waals surface area contributed by atoms with Gasteiger partial charge in [0.2, 0.25) is 0 Å². The maximum Gasteiger partial charge on any atom is 0.137 e. The van der Waals surface area contributed by atoms with Gasteiger partial charge < -0.3 is 23.9 Å². The maximum absolute atomic E-state index is 11.9. The van der Waals surface area contributed by atoms with Crippen molar-refractivity contribution >= 4 is 27.2 Å². The summed E-state index contributed by atoms with van der Waals surface area (Å²) in [6.07, 6.45) is 16.0. The van der Waals surface area contributed by atoms with E-state index in [2.05, 4.69) is 88.1 Å². The van der Waals surface area contributed by atoms with Crippen LogP contribution >= 0.6 is 0 Å². The normalized spacial score (nSPS) is 19.7. The maximum atomic E-state index is 11.9. The third-order valence-electron chi connectivity index (χ3n) is 9.81. The minimum absolute atomic E-state index is 0.191. The Morgan fingerprint density at radius 3 is 2.46 bits per heavy atom. The molecule has 5 rings (SSSR count).